The zero-order valence-electron chi connectivity index (χ0n) is 14.9. The summed E-state index contributed by atoms with van der Waals surface area (Å²) in [5.41, 5.74) is 1.15. The van der Waals surface area contributed by atoms with Crippen molar-refractivity contribution in [2.75, 3.05) is 25.5 Å². The number of amides is 2. The molecular formula is C20H20Cl2N2O3. The second-order valence-corrected chi connectivity index (χ2v) is 7.28. The fraction of sp³-hybridized carbons (Fsp3) is 0.300. The Kier molecular flexibility index (Phi) is 6.24. The number of halogens is 2. The van der Waals surface area contributed by atoms with E-state index in [1.807, 2.05) is 0 Å². The molecule has 2 aromatic rings. The molecule has 0 radical (unpaired) electrons. The molecule has 0 unspecified atom stereocenters. The first-order valence-corrected chi connectivity index (χ1v) is 9.43. The van der Waals surface area contributed by atoms with Crippen molar-refractivity contribution in [2.24, 2.45) is 5.92 Å². The van der Waals surface area contributed by atoms with Crippen LogP contribution in [0.15, 0.2) is 42.5 Å². The molecule has 1 aliphatic rings. The number of rotatable bonds is 4. The van der Waals surface area contributed by atoms with Crippen LogP contribution in [0.2, 0.25) is 10.0 Å². The summed E-state index contributed by atoms with van der Waals surface area (Å²) in [6.07, 6.45) is 1.21. The third-order valence-electron chi connectivity index (χ3n) is 4.66. The molecule has 27 heavy (non-hydrogen) atoms. The largest absolute Gasteiger partial charge is 0.495 e. The molecule has 0 saturated carbocycles. The molecule has 7 heteroatoms. The summed E-state index contributed by atoms with van der Waals surface area (Å²) in [5, 5.41) is 4.01. The molecule has 1 heterocycles. The minimum atomic E-state index is -0.164. The van der Waals surface area contributed by atoms with Crippen LogP contribution in [0.25, 0.3) is 0 Å². The van der Waals surface area contributed by atoms with Gasteiger partial charge in [0.25, 0.3) is 5.91 Å². The molecule has 1 saturated heterocycles. The molecule has 1 N–H and O–H groups in total. The number of piperidine rings is 1. The zero-order chi connectivity index (χ0) is 19.4. The third kappa shape index (κ3) is 4.73. The topological polar surface area (TPSA) is 58.6 Å². The highest BCUT2D eigenvalue weighted by Gasteiger charge is 2.28. The van der Waals surface area contributed by atoms with Crippen molar-refractivity contribution in [3.8, 4) is 5.75 Å². The average molecular weight is 407 g/mol. The number of hydrogen-bond donors (Lipinski definition) is 1. The van der Waals surface area contributed by atoms with Gasteiger partial charge in [-0.3, -0.25) is 9.59 Å². The van der Waals surface area contributed by atoms with Crippen molar-refractivity contribution in [3.05, 3.63) is 58.1 Å². The van der Waals surface area contributed by atoms with Crippen LogP contribution in [0.3, 0.4) is 0 Å². The second kappa shape index (κ2) is 8.63. The summed E-state index contributed by atoms with van der Waals surface area (Å²) in [5.74, 6) is 0.266. The number of hydrogen-bond acceptors (Lipinski definition) is 3. The fourth-order valence-corrected chi connectivity index (χ4v) is 3.43. The summed E-state index contributed by atoms with van der Waals surface area (Å²) >= 11 is 11.9. The van der Waals surface area contributed by atoms with Crippen LogP contribution >= 0.6 is 23.2 Å². The smallest absolute Gasteiger partial charge is 0.253 e. The van der Waals surface area contributed by atoms with Gasteiger partial charge in [-0.15, -0.1) is 0 Å². The van der Waals surface area contributed by atoms with Crippen molar-refractivity contribution < 1.29 is 14.3 Å². The van der Waals surface area contributed by atoms with E-state index < -0.39 is 0 Å². The Morgan fingerprint density at radius 2 is 1.67 bits per heavy atom. The van der Waals surface area contributed by atoms with Gasteiger partial charge in [-0.1, -0.05) is 23.2 Å². The molecule has 1 fully saturated rings. The lowest BCUT2D eigenvalue weighted by molar-refractivity contribution is -0.121. The Morgan fingerprint density at radius 3 is 2.30 bits per heavy atom. The number of ether oxygens (including phenoxy) is 1. The predicted molar refractivity (Wildman–Crippen MR) is 107 cm³/mol. The Labute approximate surface area is 168 Å². The molecule has 0 aromatic heterocycles. The second-order valence-electron chi connectivity index (χ2n) is 6.41. The molecule has 0 atom stereocenters. The van der Waals surface area contributed by atoms with Gasteiger partial charge in [0.05, 0.1) is 12.8 Å². The van der Waals surface area contributed by atoms with Crippen molar-refractivity contribution in [2.45, 2.75) is 12.8 Å². The maximum Gasteiger partial charge on any atom is 0.253 e. The lowest BCUT2D eigenvalue weighted by Gasteiger charge is -2.31. The number of nitrogens with one attached hydrogen (secondary N) is 1. The van der Waals surface area contributed by atoms with Gasteiger partial charge in [-0.05, 0) is 55.3 Å². The molecule has 142 valence electrons. The molecule has 0 spiro atoms. The average Bonchev–Trinajstić information content (AvgIpc) is 2.68. The lowest BCUT2D eigenvalue weighted by Crippen LogP contribution is -2.41. The van der Waals surface area contributed by atoms with Crippen molar-refractivity contribution in [1.82, 2.24) is 4.90 Å². The zero-order valence-corrected chi connectivity index (χ0v) is 16.4. The maximum absolute atomic E-state index is 12.6. The van der Waals surface area contributed by atoms with E-state index in [0.717, 1.165) is 0 Å². The number of likely N-dealkylation sites (tertiary alicyclic amines) is 1. The van der Waals surface area contributed by atoms with Gasteiger partial charge in [-0.25, -0.2) is 0 Å². The van der Waals surface area contributed by atoms with Gasteiger partial charge in [-0.2, -0.15) is 0 Å². The molecule has 0 bridgehead atoms. The summed E-state index contributed by atoms with van der Waals surface area (Å²) in [6.45, 7) is 1.07. The van der Waals surface area contributed by atoms with E-state index in [1.54, 1.807) is 54.5 Å². The Hall–Kier alpha value is -2.24. The minimum Gasteiger partial charge on any atom is -0.495 e. The summed E-state index contributed by atoms with van der Waals surface area (Å²) in [4.78, 5) is 26.9. The van der Waals surface area contributed by atoms with Crippen LogP contribution in [-0.2, 0) is 4.79 Å². The van der Waals surface area contributed by atoms with E-state index in [1.165, 1.54) is 0 Å². The molecule has 0 aliphatic carbocycles. The molecule has 5 nitrogen and oxygen atoms in total. The molecule has 2 aromatic carbocycles. The van der Waals surface area contributed by atoms with Crippen LogP contribution in [0.1, 0.15) is 23.2 Å². The van der Waals surface area contributed by atoms with Gasteiger partial charge in [0, 0.05) is 34.6 Å². The standard InChI is InChI=1S/C20H20Cl2N2O3/c1-27-18-7-6-16(22)12-17(18)23-19(25)13-8-10-24(11-9-13)20(26)14-2-4-15(21)5-3-14/h2-7,12-13H,8-11H2,1H3,(H,23,25). The highest BCUT2D eigenvalue weighted by molar-refractivity contribution is 6.31. The number of carbonyl (C=O) groups excluding carboxylic acids is 2. The Morgan fingerprint density at radius 1 is 1.04 bits per heavy atom. The van der Waals surface area contributed by atoms with Crippen LogP contribution in [0.4, 0.5) is 5.69 Å². The number of anilines is 1. The normalized spacial score (nSPS) is 14.7. The van der Waals surface area contributed by atoms with Gasteiger partial charge in [0.1, 0.15) is 5.75 Å². The number of nitrogens with zero attached hydrogens (tertiary/aromatic N) is 1. The highest BCUT2D eigenvalue weighted by Crippen LogP contribution is 2.29. The quantitative estimate of drug-likeness (QED) is 0.813. The summed E-state index contributed by atoms with van der Waals surface area (Å²) in [7, 11) is 1.54. The lowest BCUT2D eigenvalue weighted by atomic mass is 9.95. The van der Waals surface area contributed by atoms with E-state index in [0.29, 0.717) is 53.0 Å². The van der Waals surface area contributed by atoms with E-state index in [9.17, 15) is 9.59 Å². The maximum atomic E-state index is 12.6. The van der Waals surface area contributed by atoms with Crippen LogP contribution < -0.4 is 10.1 Å². The van der Waals surface area contributed by atoms with Crippen molar-refractivity contribution in [1.29, 1.82) is 0 Å². The highest BCUT2D eigenvalue weighted by atomic mass is 35.5. The van der Waals surface area contributed by atoms with E-state index in [2.05, 4.69) is 5.32 Å². The van der Waals surface area contributed by atoms with Crippen LogP contribution in [0.5, 0.6) is 5.75 Å². The fourth-order valence-electron chi connectivity index (χ4n) is 3.13. The minimum absolute atomic E-state index is 0.0398. The monoisotopic (exact) mass is 406 g/mol. The number of methoxy groups -OCH3 is 1. The van der Waals surface area contributed by atoms with Gasteiger partial charge < -0.3 is 15.0 Å². The van der Waals surface area contributed by atoms with Gasteiger partial charge in [0.15, 0.2) is 0 Å². The van der Waals surface area contributed by atoms with Crippen LogP contribution in [-0.4, -0.2) is 36.9 Å². The van der Waals surface area contributed by atoms with Crippen molar-refractivity contribution in [3.63, 3.8) is 0 Å². The summed E-state index contributed by atoms with van der Waals surface area (Å²) in [6, 6.07) is 11.9. The van der Waals surface area contributed by atoms with E-state index in [-0.39, 0.29) is 17.7 Å². The first-order valence-electron chi connectivity index (χ1n) is 8.67. The van der Waals surface area contributed by atoms with Crippen molar-refractivity contribution >= 4 is 40.7 Å². The van der Waals surface area contributed by atoms with Crippen LogP contribution in [0, 0.1) is 5.92 Å². The molecule has 2 amide bonds. The first-order chi connectivity index (χ1) is 13.0. The Balaban J connectivity index is 1.59. The number of carbonyl (C=O) groups is 2. The SMILES string of the molecule is COc1ccc(Cl)cc1NC(=O)C1CCN(C(=O)c2ccc(Cl)cc2)CC1. The summed E-state index contributed by atoms with van der Waals surface area (Å²) < 4.78 is 5.26. The van der Waals surface area contributed by atoms with Gasteiger partial charge >= 0.3 is 0 Å². The number of benzene rings is 2. The molecule has 3 rings (SSSR count). The Bertz CT molecular complexity index is 832. The van der Waals surface area contributed by atoms with E-state index >= 15 is 0 Å². The molecule has 1 aliphatic heterocycles. The van der Waals surface area contributed by atoms with Gasteiger partial charge in [0.2, 0.25) is 5.91 Å². The third-order valence-corrected chi connectivity index (χ3v) is 5.15. The first kappa shape index (κ1) is 19.5. The predicted octanol–water partition coefficient (Wildman–Crippen LogP) is 4.49. The van der Waals surface area contributed by atoms with E-state index in [4.69, 9.17) is 27.9 Å². The molecular weight excluding hydrogens is 387 g/mol.